The predicted molar refractivity (Wildman–Crippen MR) is 81.6 cm³/mol. The minimum Gasteiger partial charge on any atom is -0.462 e. The monoisotopic (exact) mass is 324 g/mol. The van der Waals surface area contributed by atoms with Crippen LogP contribution in [0.1, 0.15) is 13.8 Å². The second-order valence-electron chi connectivity index (χ2n) is 6.09. The third-order valence-electron chi connectivity index (χ3n) is 3.90. The van der Waals surface area contributed by atoms with E-state index in [2.05, 4.69) is 4.98 Å². The highest BCUT2D eigenvalue weighted by molar-refractivity contribution is 5.71. The van der Waals surface area contributed by atoms with Gasteiger partial charge in [0.05, 0.1) is 6.61 Å². The fourth-order valence-corrected chi connectivity index (χ4v) is 2.64. The van der Waals surface area contributed by atoms with Crippen LogP contribution < -0.4 is 16.0 Å². The highest BCUT2D eigenvalue weighted by Gasteiger charge is 2.33. The molecule has 0 aliphatic carbocycles. The lowest BCUT2D eigenvalue weighted by Crippen LogP contribution is -2.37. The van der Waals surface area contributed by atoms with Crippen molar-refractivity contribution in [3.63, 3.8) is 0 Å². The fourth-order valence-electron chi connectivity index (χ4n) is 2.64. The van der Waals surface area contributed by atoms with Crippen LogP contribution in [0, 0.1) is 0 Å². The Morgan fingerprint density at radius 1 is 1.22 bits per heavy atom. The predicted octanol–water partition coefficient (Wildman–Crippen LogP) is -0.499. The molecule has 0 aromatic carbocycles. The molecular weight excluding hydrogens is 304 g/mol. The number of aromatic nitrogens is 4. The molecule has 0 amide bonds. The highest BCUT2D eigenvalue weighted by Crippen LogP contribution is 2.23. The first-order chi connectivity index (χ1) is 10.7. The maximum Gasteiger partial charge on any atom is 0.332 e. The molecule has 1 atom stereocenters. The first-order valence-corrected chi connectivity index (χ1v) is 7.28. The van der Waals surface area contributed by atoms with Crippen molar-refractivity contribution in [2.75, 3.05) is 13.2 Å². The van der Waals surface area contributed by atoms with Gasteiger partial charge >= 0.3 is 5.69 Å². The summed E-state index contributed by atoms with van der Waals surface area (Å²) in [5.41, 5.74) is -0.232. The number of fused-ring (bicyclic) bond motifs is 1. The second-order valence-corrected chi connectivity index (χ2v) is 6.09. The average molecular weight is 324 g/mol. The molecule has 0 spiro atoms. The molecule has 0 bridgehead atoms. The Hall–Kier alpha value is -2.13. The molecule has 1 unspecified atom stereocenters. The molecule has 3 rings (SSSR count). The van der Waals surface area contributed by atoms with E-state index in [9.17, 15) is 9.59 Å². The topological polar surface area (TPSA) is 89.5 Å². The maximum absolute atomic E-state index is 12.3. The summed E-state index contributed by atoms with van der Waals surface area (Å²) < 4.78 is 20.7. The van der Waals surface area contributed by atoms with Gasteiger partial charge in [-0.1, -0.05) is 0 Å². The second kappa shape index (κ2) is 5.20. The molecule has 1 aliphatic rings. The minimum atomic E-state index is -0.625. The van der Waals surface area contributed by atoms with Crippen LogP contribution in [-0.4, -0.2) is 43.8 Å². The van der Waals surface area contributed by atoms with Crippen molar-refractivity contribution in [2.45, 2.75) is 25.7 Å². The molecule has 0 N–H and O–H groups in total. The molecule has 2 aromatic heterocycles. The van der Waals surface area contributed by atoms with Gasteiger partial charge in [-0.3, -0.25) is 18.5 Å². The van der Waals surface area contributed by atoms with E-state index in [0.29, 0.717) is 17.8 Å². The molecular formula is C14H20N4O5. The van der Waals surface area contributed by atoms with Crippen LogP contribution >= 0.6 is 0 Å². The standard InChI is InChI=1S/C14H20N4O5/c1-14(2)22-7-8(23-14)6-21-12-15-10-9(16(12)3)11(19)18(5)13(20)17(10)4/h8H,6-7H2,1-5H3. The van der Waals surface area contributed by atoms with E-state index in [4.69, 9.17) is 14.2 Å². The summed E-state index contributed by atoms with van der Waals surface area (Å²) in [5, 5.41) is 0. The van der Waals surface area contributed by atoms with Gasteiger partial charge in [0.25, 0.3) is 11.6 Å². The van der Waals surface area contributed by atoms with Crippen LogP contribution in [0.15, 0.2) is 9.59 Å². The molecule has 1 aliphatic heterocycles. The van der Waals surface area contributed by atoms with Crippen molar-refractivity contribution < 1.29 is 14.2 Å². The lowest BCUT2D eigenvalue weighted by atomic mass is 10.4. The number of rotatable bonds is 3. The first kappa shape index (κ1) is 15.8. The van der Waals surface area contributed by atoms with Gasteiger partial charge in [0.1, 0.15) is 12.7 Å². The lowest BCUT2D eigenvalue weighted by Gasteiger charge is -2.17. The largest absolute Gasteiger partial charge is 0.462 e. The summed E-state index contributed by atoms with van der Waals surface area (Å²) in [6.07, 6.45) is -0.212. The summed E-state index contributed by atoms with van der Waals surface area (Å²) >= 11 is 0. The van der Waals surface area contributed by atoms with Gasteiger partial charge in [0, 0.05) is 21.1 Å². The van der Waals surface area contributed by atoms with E-state index in [1.807, 2.05) is 13.8 Å². The van der Waals surface area contributed by atoms with Gasteiger partial charge in [-0.15, -0.1) is 0 Å². The molecule has 1 fully saturated rings. The van der Waals surface area contributed by atoms with Crippen molar-refractivity contribution in [1.82, 2.24) is 18.7 Å². The lowest BCUT2D eigenvalue weighted by molar-refractivity contribution is -0.141. The molecule has 2 aromatic rings. The van der Waals surface area contributed by atoms with Gasteiger partial charge in [-0.2, -0.15) is 4.98 Å². The van der Waals surface area contributed by atoms with Gasteiger partial charge in [0.15, 0.2) is 17.0 Å². The Morgan fingerprint density at radius 2 is 1.91 bits per heavy atom. The van der Waals surface area contributed by atoms with E-state index in [1.165, 1.54) is 16.2 Å². The van der Waals surface area contributed by atoms with Crippen LogP contribution in [0.4, 0.5) is 0 Å². The quantitative estimate of drug-likeness (QED) is 0.756. The molecule has 126 valence electrons. The molecule has 0 radical (unpaired) electrons. The van der Waals surface area contributed by atoms with E-state index in [1.54, 1.807) is 14.1 Å². The van der Waals surface area contributed by atoms with Gasteiger partial charge in [-0.05, 0) is 13.8 Å². The summed E-state index contributed by atoms with van der Waals surface area (Å²) in [4.78, 5) is 28.5. The first-order valence-electron chi connectivity index (χ1n) is 7.28. The van der Waals surface area contributed by atoms with Gasteiger partial charge in [-0.25, -0.2) is 4.79 Å². The van der Waals surface area contributed by atoms with E-state index in [0.717, 1.165) is 4.57 Å². The Balaban J connectivity index is 1.93. The fraction of sp³-hybridized carbons (Fsp3) is 0.643. The number of aryl methyl sites for hydroxylation is 2. The number of imidazole rings is 1. The summed E-state index contributed by atoms with van der Waals surface area (Å²) in [7, 11) is 4.67. The Morgan fingerprint density at radius 3 is 2.52 bits per heavy atom. The number of hydrogen-bond donors (Lipinski definition) is 0. The summed E-state index contributed by atoms with van der Waals surface area (Å²) in [5.74, 6) is -0.625. The highest BCUT2D eigenvalue weighted by atomic mass is 16.7. The van der Waals surface area contributed by atoms with Crippen molar-refractivity contribution in [1.29, 1.82) is 0 Å². The van der Waals surface area contributed by atoms with E-state index >= 15 is 0 Å². The van der Waals surface area contributed by atoms with Crippen molar-refractivity contribution in [3.05, 3.63) is 20.8 Å². The SMILES string of the molecule is Cn1c(=O)c2c(nc(OCC3COC(C)(C)O3)n2C)n(C)c1=O. The number of hydrogen-bond acceptors (Lipinski definition) is 6. The van der Waals surface area contributed by atoms with E-state index < -0.39 is 17.0 Å². The summed E-state index contributed by atoms with van der Waals surface area (Å²) in [6, 6.07) is 0.256. The van der Waals surface area contributed by atoms with Gasteiger partial charge < -0.3 is 14.2 Å². The molecule has 23 heavy (non-hydrogen) atoms. The number of ether oxygens (including phenoxy) is 3. The molecule has 9 nitrogen and oxygen atoms in total. The average Bonchev–Trinajstić information content (AvgIpc) is 3.01. The van der Waals surface area contributed by atoms with Crippen molar-refractivity contribution in [3.8, 4) is 6.01 Å². The minimum absolute atomic E-state index is 0.212. The molecule has 0 saturated carbocycles. The molecule has 9 heteroatoms. The zero-order valence-electron chi connectivity index (χ0n) is 13.8. The normalized spacial score (nSPS) is 20.3. The van der Waals surface area contributed by atoms with Crippen LogP contribution in [-0.2, 0) is 30.6 Å². The Labute approximate surface area is 132 Å². The van der Waals surface area contributed by atoms with Crippen LogP contribution in [0.25, 0.3) is 11.2 Å². The zero-order valence-corrected chi connectivity index (χ0v) is 13.8. The summed E-state index contributed by atoms with van der Waals surface area (Å²) in [6.45, 7) is 4.34. The maximum atomic E-state index is 12.3. The van der Waals surface area contributed by atoms with Crippen LogP contribution in [0.3, 0.4) is 0 Å². The van der Waals surface area contributed by atoms with Crippen LogP contribution in [0.5, 0.6) is 6.01 Å². The van der Waals surface area contributed by atoms with E-state index in [-0.39, 0.29) is 18.7 Å². The van der Waals surface area contributed by atoms with Crippen molar-refractivity contribution in [2.24, 2.45) is 21.1 Å². The van der Waals surface area contributed by atoms with Crippen LogP contribution in [0.2, 0.25) is 0 Å². The Bertz CT molecular complexity index is 876. The zero-order chi connectivity index (χ0) is 16.9. The van der Waals surface area contributed by atoms with Gasteiger partial charge in [0.2, 0.25) is 0 Å². The third kappa shape index (κ3) is 2.55. The third-order valence-corrected chi connectivity index (χ3v) is 3.90. The molecule has 1 saturated heterocycles. The number of nitrogens with zero attached hydrogens (tertiary/aromatic N) is 4. The smallest absolute Gasteiger partial charge is 0.332 e. The molecule has 3 heterocycles. The Kier molecular flexibility index (Phi) is 3.56. The van der Waals surface area contributed by atoms with Crippen molar-refractivity contribution >= 4 is 11.2 Å².